The molecule has 0 radical (unpaired) electrons. The highest BCUT2D eigenvalue weighted by Crippen LogP contribution is 2.23. The van der Waals surface area contributed by atoms with Gasteiger partial charge in [-0.1, -0.05) is 46.9 Å². The van der Waals surface area contributed by atoms with E-state index in [0.29, 0.717) is 21.4 Å². The molecular weight excluding hydrogens is 463 g/mol. The summed E-state index contributed by atoms with van der Waals surface area (Å²) >= 11 is 17.7. The van der Waals surface area contributed by atoms with E-state index < -0.39 is 11.9 Å². The zero-order valence-electron chi connectivity index (χ0n) is 15.8. The summed E-state index contributed by atoms with van der Waals surface area (Å²) < 4.78 is 10.7. The Hall–Kier alpha value is -3.06. The molecule has 0 aliphatic heterocycles. The van der Waals surface area contributed by atoms with E-state index in [9.17, 15) is 9.59 Å². The van der Waals surface area contributed by atoms with Gasteiger partial charge in [-0.15, -0.1) is 0 Å². The molecule has 9 heteroatoms. The van der Waals surface area contributed by atoms with Crippen LogP contribution in [0, 0.1) is 0 Å². The number of esters is 1. The largest absolute Gasteiger partial charge is 0.484 e. The minimum atomic E-state index is -0.622. The molecule has 0 saturated heterocycles. The molecule has 0 heterocycles. The molecule has 0 aromatic heterocycles. The molecule has 0 atom stereocenters. The van der Waals surface area contributed by atoms with Gasteiger partial charge in [-0.25, -0.2) is 10.2 Å². The Morgan fingerprint density at radius 3 is 2.39 bits per heavy atom. The molecule has 0 spiro atoms. The number of carbonyl (C=O) groups excluding carboxylic acids is 2. The Morgan fingerprint density at radius 2 is 1.65 bits per heavy atom. The molecule has 0 fully saturated rings. The fourth-order valence-electron chi connectivity index (χ4n) is 2.37. The zero-order valence-corrected chi connectivity index (χ0v) is 18.1. The van der Waals surface area contributed by atoms with Crippen LogP contribution in [0.2, 0.25) is 15.1 Å². The number of halogens is 3. The molecule has 31 heavy (non-hydrogen) atoms. The maximum atomic E-state index is 12.3. The van der Waals surface area contributed by atoms with Crippen LogP contribution < -0.4 is 14.9 Å². The molecule has 3 aromatic carbocycles. The number of hydrogen-bond acceptors (Lipinski definition) is 5. The van der Waals surface area contributed by atoms with Crippen LogP contribution >= 0.6 is 34.8 Å². The number of rotatable bonds is 7. The van der Waals surface area contributed by atoms with Crippen molar-refractivity contribution in [3.8, 4) is 11.5 Å². The summed E-state index contributed by atoms with van der Waals surface area (Å²) in [5, 5.41) is 5.05. The Bertz CT molecular complexity index is 1120. The zero-order chi connectivity index (χ0) is 22.2. The molecule has 1 amide bonds. The molecule has 0 saturated carbocycles. The Balaban J connectivity index is 1.53. The average Bonchev–Trinajstić information content (AvgIpc) is 2.73. The normalized spacial score (nSPS) is 10.7. The summed E-state index contributed by atoms with van der Waals surface area (Å²) in [6.45, 7) is -0.210. The summed E-state index contributed by atoms with van der Waals surface area (Å²) in [5.41, 5.74) is 3.15. The fraction of sp³-hybridized carbons (Fsp3) is 0.0455. The first kappa shape index (κ1) is 22.6. The van der Waals surface area contributed by atoms with Crippen LogP contribution in [0.5, 0.6) is 11.5 Å². The van der Waals surface area contributed by atoms with Crippen LogP contribution in [0.25, 0.3) is 0 Å². The lowest BCUT2D eigenvalue weighted by Crippen LogP contribution is -2.24. The van der Waals surface area contributed by atoms with Crippen molar-refractivity contribution >= 4 is 52.9 Å². The number of hydrogen-bond donors (Lipinski definition) is 1. The number of ether oxygens (including phenoxy) is 2. The van der Waals surface area contributed by atoms with E-state index in [2.05, 4.69) is 10.5 Å². The van der Waals surface area contributed by atoms with Crippen LogP contribution in [-0.2, 0) is 4.79 Å². The average molecular weight is 478 g/mol. The third-order valence-corrected chi connectivity index (χ3v) is 4.61. The van der Waals surface area contributed by atoms with Crippen molar-refractivity contribution < 1.29 is 19.1 Å². The second-order valence-corrected chi connectivity index (χ2v) is 7.40. The number of hydrazone groups is 1. The van der Waals surface area contributed by atoms with Gasteiger partial charge in [0.2, 0.25) is 0 Å². The molecule has 3 rings (SSSR count). The number of benzene rings is 3. The first-order chi connectivity index (χ1) is 14.9. The van der Waals surface area contributed by atoms with Crippen LogP contribution in [0.4, 0.5) is 0 Å². The molecule has 3 aromatic rings. The van der Waals surface area contributed by atoms with Gasteiger partial charge >= 0.3 is 5.97 Å². The molecule has 1 N–H and O–H groups in total. The second-order valence-electron chi connectivity index (χ2n) is 6.12. The molecule has 0 aliphatic carbocycles. The molecular formula is C22H15Cl3N2O4. The van der Waals surface area contributed by atoms with Gasteiger partial charge in [0, 0.05) is 10.0 Å². The van der Waals surface area contributed by atoms with Gasteiger partial charge in [0.1, 0.15) is 11.5 Å². The number of amides is 1. The van der Waals surface area contributed by atoms with E-state index in [0.717, 1.165) is 0 Å². The highest BCUT2D eigenvalue weighted by atomic mass is 35.5. The van der Waals surface area contributed by atoms with E-state index in [1.54, 1.807) is 54.6 Å². The maximum absolute atomic E-state index is 12.3. The fourth-order valence-corrected chi connectivity index (χ4v) is 2.98. The molecule has 0 bridgehead atoms. The van der Waals surface area contributed by atoms with Gasteiger partial charge in [-0.2, -0.15) is 5.10 Å². The Morgan fingerprint density at radius 1 is 0.903 bits per heavy atom. The van der Waals surface area contributed by atoms with Crippen LogP contribution in [0.1, 0.15) is 15.9 Å². The maximum Gasteiger partial charge on any atom is 0.345 e. The van der Waals surface area contributed by atoms with Crippen molar-refractivity contribution in [1.82, 2.24) is 5.43 Å². The minimum absolute atomic E-state index is 0.193. The first-order valence-corrected chi connectivity index (χ1v) is 10.0. The molecule has 158 valence electrons. The van der Waals surface area contributed by atoms with Crippen LogP contribution in [-0.4, -0.2) is 24.7 Å². The van der Waals surface area contributed by atoms with Crippen LogP contribution in [0.15, 0.2) is 71.8 Å². The van der Waals surface area contributed by atoms with Crippen molar-refractivity contribution in [3.63, 3.8) is 0 Å². The summed E-state index contributed by atoms with van der Waals surface area (Å²) in [7, 11) is 0. The second kappa shape index (κ2) is 10.8. The lowest BCUT2D eigenvalue weighted by atomic mass is 10.2. The summed E-state index contributed by atoms with van der Waals surface area (Å²) in [4.78, 5) is 24.1. The smallest absolute Gasteiger partial charge is 0.345 e. The highest BCUT2D eigenvalue weighted by Gasteiger charge is 2.13. The number of nitrogens with zero attached hydrogens (tertiary/aromatic N) is 1. The Labute approximate surface area is 193 Å². The summed E-state index contributed by atoms with van der Waals surface area (Å²) in [5.74, 6) is -0.259. The van der Waals surface area contributed by atoms with Gasteiger partial charge in [-0.3, -0.25) is 4.79 Å². The molecule has 0 unspecified atom stereocenters. The van der Waals surface area contributed by atoms with Gasteiger partial charge in [0.15, 0.2) is 6.61 Å². The van der Waals surface area contributed by atoms with E-state index in [1.807, 2.05) is 0 Å². The van der Waals surface area contributed by atoms with Crippen molar-refractivity contribution in [1.29, 1.82) is 0 Å². The first-order valence-electron chi connectivity index (χ1n) is 8.88. The lowest BCUT2D eigenvalue weighted by molar-refractivity contribution is -0.123. The quantitative estimate of drug-likeness (QED) is 0.214. The third kappa shape index (κ3) is 7.00. The molecule has 6 nitrogen and oxygen atoms in total. The van der Waals surface area contributed by atoms with Gasteiger partial charge in [-0.05, 0) is 60.2 Å². The third-order valence-electron chi connectivity index (χ3n) is 3.81. The predicted octanol–water partition coefficient (Wildman–Crippen LogP) is 5.40. The highest BCUT2D eigenvalue weighted by molar-refractivity contribution is 6.36. The summed E-state index contributed by atoms with van der Waals surface area (Å²) in [6, 6.07) is 17.7. The topological polar surface area (TPSA) is 77.0 Å². The van der Waals surface area contributed by atoms with E-state index >= 15 is 0 Å². The van der Waals surface area contributed by atoms with E-state index in [-0.39, 0.29) is 22.9 Å². The Kier molecular flexibility index (Phi) is 7.89. The van der Waals surface area contributed by atoms with Gasteiger partial charge in [0.25, 0.3) is 5.91 Å². The van der Waals surface area contributed by atoms with Crippen LogP contribution in [0.3, 0.4) is 0 Å². The van der Waals surface area contributed by atoms with Crippen molar-refractivity contribution in [3.05, 3.63) is 92.9 Å². The number of carbonyl (C=O) groups is 2. The van der Waals surface area contributed by atoms with Crippen molar-refractivity contribution in [2.45, 2.75) is 0 Å². The standard InChI is InChI=1S/C22H15Cl3N2O4/c23-15-4-7-17(8-5-15)30-13-21(28)27-26-12-14-2-1-3-18(10-14)31-22(29)19-9-6-16(24)11-20(19)25/h1-12H,13H2,(H,27,28). The monoisotopic (exact) mass is 476 g/mol. The predicted molar refractivity (Wildman–Crippen MR) is 121 cm³/mol. The minimum Gasteiger partial charge on any atom is -0.484 e. The van der Waals surface area contributed by atoms with Crippen molar-refractivity contribution in [2.24, 2.45) is 5.10 Å². The van der Waals surface area contributed by atoms with Gasteiger partial charge < -0.3 is 9.47 Å². The molecule has 0 aliphatic rings. The number of nitrogens with one attached hydrogen (secondary N) is 1. The SMILES string of the molecule is O=C(COc1ccc(Cl)cc1)NN=Cc1cccc(OC(=O)c2ccc(Cl)cc2Cl)c1. The van der Waals surface area contributed by atoms with E-state index in [1.165, 1.54) is 18.3 Å². The summed E-state index contributed by atoms with van der Waals surface area (Å²) in [6.07, 6.45) is 1.41. The van der Waals surface area contributed by atoms with E-state index in [4.69, 9.17) is 44.3 Å². The lowest BCUT2D eigenvalue weighted by Gasteiger charge is -2.07. The van der Waals surface area contributed by atoms with Crippen molar-refractivity contribution in [2.75, 3.05) is 6.61 Å². The van der Waals surface area contributed by atoms with Gasteiger partial charge in [0.05, 0.1) is 16.8 Å².